The summed E-state index contributed by atoms with van der Waals surface area (Å²) in [4.78, 5) is 11.9. The van der Waals surface area contributed by atoms with Crippen LogP contribution in [-0.4, -0.2) is 18.5 Å². The first-order chi connectivity index (χ1) is 9.28. The Morgan fingerprint density at radius 2 is 1.75 bits per heavy atom. The number of carbonyl (C=O) groups is 1. The number of carbonyl (C=O) groups excluding carboxylic acids is 1. The Kier molecular flexibility index (Phi) is 6.05. The lowest BCUT2D eigenvalue weighted by Gasteiger charge is -2.25. The van der Waals surface area contributed by atoms with Gasteiger partial charge in [-0.2, -0.15) is 0 Å². The fourth-order valence-electron chi connectivity index (χ4n) is 1.97. The van der Waals surface area contributed by atoms with Crippen molar-refractivity contribution in [1.82, 2.24) is 5.32 Å². The number of benzene rings is 1. The van der Waals surface area contributed by atoms with E-state index in [1.165, 1.54) is 0 Å². The lowest BCUT2D eigenvalue weighted by molar-refractivity contribution is -0.122. The number of hydrogen-bond acceptors (Lipinski definition) is 2. The van der Waals surface area contributed by atoms with Gasteiger partial charge in [-0.25, -0.2) is 0 Å². The third kappa shape index (κ3) is 6.60. The molecule has 1 atom stereocenters. The molecule has 0 fully saturated rings. The molecule has 0 aromatic heterocycles. The lowest BCUT2D eigenvalue weighted by atomic mass is 9.92. The summed E-state index contributed by atoms with van der Waals surface area (Å²) in [5.41, 5.74) is 1.13. The summed E-state index contributed by atoms with van der Waals surface area (Å²) in [6.45, 7) is 11.2. The van der Waals surface area contributed by atoms with Crippen molar-refractivity contribution in [3.63, 3.8) is 0 Å². The summed E-state index contributed by atoms with van der Waals surface area (Å²) in [6, 6.07) is 10.4. The van der Waals surface area contributed by atoms with Crippen molar-refractivity contribution in [1.29, 1.82) is 0 Å². The summed E-state index contributed by atoms with van der Waals surface area (Å²) in [5.74, 6) is 0.572. The van der Waals surface area contributed by atoms with Gasteiger partial charge in [-0.3, -0.25) is 4.79 Å². The first-order valence-electron chi connectivity index (χ1n) is 7.36. The van der Waals surface area contributed by atoms with Gasteiger partial charge in [-0.05, 0) is 23.5 Å². The molecule has 1 rings (SSSR count). The molecule has 0 radical (unpaired) electrons. The SMILES string of the molecule is CC(C)[C@H](CNC(=O)CC(C)(C)C)Nc1ccccc1. The van der Waals surface area contributed by atoms with Gasteiger partial charge in [0.2, 0.25) is 5.91 Å². The molecular weight excluding hydrogens is 248 g/mol. The van der Waals surface area contributed by atoms with Gasteiger partial charge < -0.3 is 10.6 Å². The van der Waals surface area contributed by atoms with Crippen molar-refractivity contribution in [2.45, 2.75) is 47.1 Å². The second-order valence-corrected chi connectivity index (χ2v) is 6.90. The Labute approximate surface area is 123 Å². The highest BCUT2D eigenvalue weighted by atomic mass is 16.1. The van der Waals surface area contributed by atoms with Gasteiger partial charge >= 0.3 is 0 Å². The summed E-state index contributed by atoms with van der Waals surface area (Å²) in [7, 11) is 0. The first-order valence-corrected chi connectivity index (χ1v) is 7.36. The van der Waals surface area contributed by atoms with Crippen LogP contribution in [0, 0.1) is 11.3 Å². The molecule has 0 heterocycles. The number of rotatable bonds is 6. The van der Waals surface area contributed by atoms with Crippen LogP contribution in [0.15, 0.2) is 30.3 Å². The highest BCUT2D eigenvalue weighted by Gasteiger charge is 2.18. The average molecular weight is 276 g/mol. The smallest absolute Gasteiger partial charge is 0.220 e. The molecule has 112 valence electrons. The van der Waals surface area contributed by atoms with E-state index in [0.29, 0.717) is 18.9 Å². The van der Waals surface area contributed by atoms with E-state index < -0.39 is 0 Å². The maximum absolute atomic E-state index is 11.9. The van der Waals surface area contributed by atoms with Gasteiger partial charge in [-0.1, -0.05) is 52.8 Å². The molecular formula is C17H28N2O. The average Bonchev–Trinajstić information content (AvgIpc) is 2.33. The van der Waals surface area contributed by atoms with E-state index >= 15 is 0 Å². The molecule has 0 saturated heterocycles. The van der Waals surface area contributed by atoms with Crippen molar-refractivity contribution >= 4 is 11.6 Å². The van der Waals surface area contributed by atoms with Crippen LogP contribution in [-0.2, 0) is 4.79 Å². The molecule has 2 N–H and O–H groups in total. The van der Waals surface area contributed by atoms with Crippen LogP contribution in [0.3, 0.4) is 0 Å². The van der Waals surface area contributed by atoms with Crippen LogP contribution in [0.2, 0.25) is 0 Å². The van der Waals surface area contributed by atoms with Gasteiger partial charge in [0.25, 0.3) is 0 Å². The van der Waals surface area contributed by atoms with E-state index in [1.54, 1.807) is 0 Å². The number of amides is 1. The first kappa shape index (κ1) is 16.5. The minimum atomic E-state index is 0.0320. The molecule has 0 unspecified atom stereocenters. The van der Waals surface area contributed by atoms with Crippen LogP contribution in [0.4, 0.5) is 5.69 Å². The molecule has 0 saturated carbocycles. The highest BCUT2D eigenvalue weighted by molar-refractivity contribution is 5.76. The molecule has 1 aromatic carbocycles. The van der Waals surface area contributed by atoms with Crippen molar-refractivity contribution in [3.05, 3.63) is 30.3 Å². The topological polar surface area (TPSA) is 41.1 Å². The monoisotopic (exact) mass is 276 g/mol. The molecule has 3 heteroatoms. The zero-order chi connectivity index (χ0) is 15.2. The standard InChI is InChI=1S/C17H28N2O/c1-13(2)15(19-14-9-7-6-8-10-14)12-18-16(20)11-17(3,4)5/h6-10,13,15,19H,11-12H2,1-5H3,(H,18,20)/t15-/m0/s1. The van der Waals surface area contributed by atoms with Crippen LogP contribution in [0.5, 0.6) is 0 Å². The maximum Gasteiger partial charge on any atom is 0.220 e. The van der Waals surface area contributed by atoms with E-state index in [2.05, 4.69) is 45.3 Å². The third-order valence-corrected chi connectivity index (χ3v) is 3.14. The largest absolute Gasteiger partial charge is 0.380 e. The van der Waals surface area contributed by atoms with Gasteiger partial charge in [0.15, 0.2) is 0 Å². The summed E-state index contributed by atoms with van der Waals surface area (Å²) >= 11 is 0. The van der Waals surface area contributed by atoms with Crippen LogP contribution in [0.25, 0.3) is 0 Å². The van der Waals surface area contributed by atoms with E-state index in [1.807, 2.05) is 30.3 Å². The zero-order valence-corrected chi connectivity index (χ0v) is 13.4. The minimum absolute atomic E-state index is 0.0320. The number of nitrogens with one attached hydrogen (secondary N) is 2. The highest BCUT2D eigenvalue weighted by Crippen LogP contribution is 2.18. The van der Waals surface area contributed by atoms with Gasteiger partial charge in [0.05, 0.1) is 0 Å². The predicted octanol–water partition coefficient (Wildman–Crippen LogP) is 3.68. The van der Waals surface area contributed by atoms with Crippen molar-refractivity contribution in [2.24, 2.45) is 11.3 Å². The van der Waals surface area contributed by atoms with Crippen molar-refractivity contribution in [3.8, 4) is 0 Å². The van der Waals surface area contributed by atoms with Crippen molar-refractivity contribution < 1.29 is 4.79 Å². The molecule has 3 nitrogen and oxygen atoms in total. The minimum Gasteiger partial charge on any atom is -0.380 e. The predicted molar refractivity (Wildman–Crippen MR) is 85.8 cm³/mol. The summed E-state index contributed by atoms with van der Waals surface area (Å²) < 4.78 is 0. The summed E-state index contributed by atoms with van der Waals surface area (Å²) in [6.07, 6.45) is 0.559. The molecule has 0 aliphatic carbocycles. The van der Waals surface area contributed by atoms with Crippen molar-refractivity contribution in [2.75, 3.05) is 11.9 Å². The van der Waals surface area contributed by atoms with E-state index in [0.717, 1.165) is 5.69 Å². The van der Waals surface area contributed by atoms with Crippen LogP contribution in [0.1, 0.15) is 41.0 Å². The Bertz CT molecular complexity index is 407. The lowest BCUT2D eigenvalue weighted by Crippen LogP contribution is -2.40. The number of hydrogen-bond donors (Lipinski definition) is 2. The molecule has 20 heavy (non-hydrogen) atoms. The molecule has 0 aliphatic heterocycles. The van der Waals surface area contributed by atoms with E-state index in [4.69, 9.17) is 0 Å². The summed E-state index contributed by atoms with van der Waals surface area (Å²) in [5, 5.41) is 6.52. The fraction of sp³-hybridized carbons (Fsp3) is 0.588. The van der Waals surface area contributed by atoms with E-state index in [9.17, 15) is 4.79 Å². The molecule has 1 aromatic rings. The second kappa shape index (κ2) is 7.32. The van der Waals surface area contributed by atoms with E-state index in [-0.39, 0.29) is 17.4 Å². The van der Waals surface area contributed by atoms with Crippen LogP contribution >= 0.6 is 0 Å². The fourth-order valence-corrected chi connectivity index (χ4v) is 1.97. The van der Waals surface area contributed by atoms with Gasteiger partial charge in [0.1, 0.15) is 0 Å². The van der Waals surface area contributed by atoms with Gasteiger partial charge in [-0.15, -0.1) is 0 Å². The normalized spacial score (nSPS) is 13.1. The molecule has 0 spiro atoms. The Hall–Kier alpha value is -1.51. The quantitative estimate of drug-likeness (QED) is 0.832. The Balaban J connectivity index is 2.50. The van der Waals surface area contributed by atoms with Gasteiger partial charge in [0, 0.05) is 24.7 Å². The molecule has 0 bridgehead atoms. The Morgan fingerprint density at radius 3 is 2.25 bits per heavy atom. The molecule has 1 amide bonds. The number of anilines is 1. The zero-order valence-electron chi connectivity index (χ0n) is 13.4. The number of para-hydroxylation sites is 1. The Morgan fingerprint density at radius 1 is 1.15 bits per heavy atom. The van der Waals surface area contributed by atoms with Crippen LogP contribution < -0.4 is 10.6 Å². The third-order valence-electron chi connectivity index (χ3n) is 3.14. The second-order valence-electron chi connectivity index (χ2n) is 6.90. The molecule has 0 aliphatic rings. The maximum atomic E-state index is 11.9.